The van der Waals surface area contributed by atoms with Gasteiger partial charge in [0.05, 0.1) is 31.9 Å². The van der Waals surface area contributed by atoms with E-state index in [0.717, 1.165) is 37.8 Å². The lowest BCUT2D eigenvalue weighted by atomic mass is 10.1. The number of anilines is 2. The number of amidine groups is 1. The van der Waals surface area contributed by atoms with Crippen LogP contribution in [0.4, 0.5) is 22.7 Å². The zero-order valence-electron chi connectivity index (χ0n) is 20.1. The first-order valence-electron chi connectivity index (χ1n) is 11.7. The first-order chi connectivity index (χ1) is 18.5. The Kier molecular flexibility index (Phi) is 6.22. The van der Waals surface area contributed by atoms with Crippen LogP contribution in [0.3, 0.4) is 0 Å². The standard InChI is InChI=1S/C29H20N4O3S2/c1-31-24-18-23(33(35)36)13-14-25(24)37-27(31)16-15-26-28(34)32(22-9-3-2-4-10-22)29(38-26)30-21-12-11-19-7-5-6-8-20(19)17-21/h2-18H,1H3. The Balaban J connectivity index is 1.35. The van der Waals surface area contributed by atoms with E-state index in [9.17, 15) is 14.9 Å². The van der Waals surface area contributed by atoms with E-state index in [4.69, 9.17) is 4.99 Å². The topological polar surface area (TPSA) is 79.0 Å². The van der Waals surface area contributed by atoms with Crippen molar-refractivity contribution in [3.05, 3.63) is 123 Å². The Morgan fingerprint density at radius 1 is 0.868 bits per heavy atom. The van der Waals surface area contributed by atoms with E-state index >= 15 is 0 Å². The van der Waals surface area contributed by atoms with Crippen LogP contribution in [0.1, 0.15) is 0 Å². The van der Waals surface area contributed by atoms with Gasteiger partial charge in [-0.25, -0.2) is 4.99 Å². The molecule has 1 saturated heterocycles. The lowest BCUT2D eigenvalue weighted by molar-refractivity contribution is -0.384. The molecule has 38 heavy (non-hydrogen) atoms. The van der Waals surface area contributed by atoms with E-state index in [2.05, 4.69) is 6.07 Å². The van der Waals surface area contributed by atoms with Crippen LogP contribution in [-0.2, 0) is 4.79 Å². The molecule has 1 amide bonds. The second kappa shape index (κ2) is 9.85. The summed E-state index contributed by atoms with van der Waals surface area (Å²) in [6.45, 7) is 0. The highest BCUT2D eigenvalue weighted by Gasteiger charge is 2.34. The molecule has 9 heteroatoms. The van der Waals surface area contributed by atoms with Gasteiger partial charge in [0.15, 0.2) is 5.17 Å². The smallest absolute Gasteiger partial charge is 0.271 e. The first-order valence-corrected chi connectivity index (χ1v) is 13.4. The van der Waals surface area contributed by atoms with Crippen LogP contribution >= 0.6 is 23.5 Å². The number of para-hydroxylation sites is 1. The maximum absolute atomic E-state index is 13.6. The van der Waals surface area contributed by atoms with Gasteiger partial charge in [-0.15, -0.1) is 0 Å². The Morgan fingerprint density at radius 3 is 2.42 bits per heavy atom. The third kappa shape index (κ3) is 4.46. The molecule has 0 N–H and O–H groups in total. The number of aliphatic imine (C=N–C) groups is 1. The van der Waals surface area contributed by atoms with Crippen molar-refractivity contribution in [1.82, 2.24) is 0 Å². The zero-order chi connectivity index (χ0) is 26.2. The Hall–Kier alpha value is -4.34. The first kappa shape index (κ1) is 24.0. The molecule has 2 heterocycles. The van der Waals surface area contributed by atoms with Gasteiger partial charge in [0.1, 0.15) is 0 Å². The number of thioether (sulfide) groups is 2. The quantitative estimate of drug-likeness (QED) is 0.153. The summed E-state index contributed by atoms with van der Waals surface area (Å²) in [5.41, 5.74) is 2.32. The molecule has 4 aromatic carbocycles. The van der Waals surface area contributed by atoms with E-state index in [1.807, 2.05) is 84.8 Å². The summed E-state index contributed by atoms with van der Waals surface area (Å²) in [5.74, 6) is -0.156. The number of nitro benzene ring substituents is 1. The van der Waals surface area contributed by atoms with Gasteiger partial charge >= 0.3 is 0 Å². The summed E-state index contributed by atoms with van der Waals surface area (Å²) in [7, 11) is 1.86. The van der Waals surface area contributed by atoms with Crippen LogP contribution in [-0.4, -0.2) is 23.0 Å². The molecule has 6 rings (SSSR count). The molecule has 0 spiro atoms. The second-order valence-corrected chi connectivity index (χ2v) is 10.7. The molecule has 0 aromatic heterocycles. The van der Waals surface area contributed by atoms with Crippen LogP contribution in [0.25, 0.3) is 10.8 Å². The van der Waals surface area contributed by atoms with Crippen molar-refractivity contribution in [2.24, 2.45) is 4.99 Å². The number of carbonyl (C=O) groups is 1. The molecule has 0 bridgehead atoms. The van der Waals surface area contributed by atoms with Gasteiger partial charge in [0, 0.05) is 24.1 Å². The van der Waals surface area contributed by atoms with Gasteiger partial charge in [0.2, 0.25) is 0 Å². The van der Waals surface area contributed by atoms with Crippen LogP contribution < -0.4 is 9.80 Å². The minimum atomic E-state index is -0.398. The number of benzene rings is 4. The van der Waals surface area contributed by atoms with Gasteiger partial charge in [0.25, 0.3) is 11.6 Å². The predicted molar refractivity (Wildman–Crippen MR) is 156 cm³/mol. The summed E-state index contributed by atoms with van der Waals surface area (Å²) < 4.78 is 0. The molecule has 1 fully saturated rings. The van der Waals surface area contributed by atoms with E-state index in [1.165, 1.54) is 29.6 Å². The number of amides is 1. The molecule has 0 unspecified atom stereocenters. The Labute approximate surface area is 227 Å². The van der Waals surface area contributed by atoms with Gasteiger partial charge in [-0.3, -0.25) is 19.8 Å². The number of hydrogen-bond donors (Lipinski definition) is 0. The molecular formula is C29H20N4O3S2. The SMILES string of the molecule is CN1C(=CC=C2SC(=Nc3ccc4ccccc4c3)N(c3ccccc3)C2=O)Sc2ccc([N+](=O)[O-])cc21. The maximum atomic E-state index is 13.6. The number of nitro groups is 1. The monoisotopic (exact) mass is 536 g/mol. The lowest BCUT2D eigenvalue weighted by Gasteiger charge is -2.15. The fourth-order valence-electron chi connectivity index (χ4n) is 4.28. The third-order valence-electron chi connectivity index (χ3n) is 6.22. The minimum absolute atomic E-state index is 0.0466. The van der Waals surface area contributed by atoms with Crippen molar-refractivity contribution in [2.75, 3.05) is 16.8 Å². The predicted octanol–water partition coefficient (Wildman–Crippen LogP) is 7.48. The number of carbonyl (C=O) groups excluding carboxylic acids is 1. The van der Waals surface area contributed by atoms with Crippen molar-refractivity contribution in [1.29, 1.82) is 0 Å². The van der Waals surface area contributed by atoms with E-state index in [0.29, 0.717) is 10.1 Å². The molecule has 186 valence electrons. The highest BCUT2D eigenvalue weighted by molar-refractivity contribution is 8.19. The molecule has 0 atom stereocenters. The van der Waals surface area contributed by atoms with Crippen LogP contribution in [0.5, 0.6) is 0 Å². The zero-order valence-corrected chi connectivity index (χ0v) is 21.8. The minimum Gasteiger partial charge on any atom is -0.338 e. The Morgan fingerprint density at radius 2 is 1.63 bits per heavy atom. The fourth-order valence-corrected chi connectivity index (χ4v) is 6.26. The molecule has 4 aromatic rings. The van der Waals surface area contributed by atoms with Crippen molar-refractivity contribution < 1.29 is 9.72 Å². The number of non-ortho nitro benzene ring substituents is 1. The van der Waals surface area contributed by atoms with E-state index < -0.39 is 4.92 Å². The summed E-state index contributed by atoms with van der Waals surface area (Å²) >= 11 is 2.83. The van der Waals surface area contributed by atoms with Crippen molar-refractivity contribution >= 4 is 68.1 Å². The van der Waals surface area contributed by atoms with Crippen LogP contribution in [0.15, 0.2) is 123 Å². The summed E-state index contributed by atoms with van der Waals surface area (Å²) in [6.07, 6.45) is 3.67. The third-order valence-corrected chi connectivity index (χ3v) is 8.39. The number of allylic oxidation sites excluding steroid dienone is 2. The molecule has 0 aliphatic carbocycles. The van der Waals surface area contributed by atoms with Crippen LogP contribution in [0, 0.1) is 10.1 Å². The van der Waals surface area contributed by atoms with Gasteiger partial charge in [-0.2, -0.15) is 0 Å². The van der Waals surface area contributed by atoms with Gasteiger partial charge in [-0.1, -0.05) is 60.3 Å². The molecule has 0 radical (unpaired) electrons. The number of rotatable bonds is 4. The van der Waals surface area contributed by atoms with Gasteiger partial charge < -0.3 is 4.90 Å². The molecule has 2 aliphatic heterocycles. The number of nitrogens with zero attached hydrogens (tertiary/aromatic N) is 4. The summed E-state index contributed by atoms with van der Waals surface area (Å²) in [4.78, 5) is 34.2. The fraction of sp³-hybridized carbons (Fsp3) is 0.0345. The maximum Gasteiger partial charge on any atom is 0.271 e. The second-order valence-electron chi connectivity index (χ2n) is 8.61. The average Bonchev–Trinajstić information content (AvgIpc) is 3.42. The van der Waals surface area contributed by atoms with Crippen molar-refractivity contribution in [2.45, 2.75) is 4.90 Å². The van der Waals surface area contributed by atoms with E-state index in [1.54, 1.807) is 23.1 Å². The van der Waals surface area contributed by atoms with Crippen LogP contribution in [0.2, 0.25) is 0 Å². The molecule has 7 nitrogen and oxygen atoms in total. The summed E-state index contributed by atoms with van der Waals surface area (Å²) in [6, 6.07) is 28.4. The van der Waals surface area contributed by atoms with Crippen molar-refractivity contribution in [3.63, 3.8) is 0 Å². The van der Waals surface area contributed by atoms with Crippen molar-refractivity contribution in [3.8, 4) is 0 Å². The number of hydrogen-bond acceptors (Lipinski definition) is 7. The highest BCUT2D eigenvalue weighted by atomic mass is 32.2. The molecule has 0 saturated carbocycles. The van der Waals surface area contributed by atoms with E-state index in [-0.39, 0.29) is 11.6 Å². The lowest BCUT2D eigenvalue weighted by Crippen LogP contribution is -2.28. The molecule has 2 aliphatic rings. The Bertz CT molecular complexity index is 1700. The van der Waals surface area contributed by atoms with Gasteiger partial charge in [-0.05, 0) is 65.0 Å². The normalized spacial score (nSPS) is 18.2. The summed E-state index contributed by atoms with van der Waals surface area (Å²) in [5, 5.41) is 14.9. The largest absolute Gasteiger partial charge is 0.338 e. The average molecular weight is 537 g/mol. The number of fused-ring (bicyclic) bond motifs is 2. The molecular weight excluding hydrogens is 516 g/mol. The highest BCUT2D eigenvalue weighted by Crippen LogP contribution is 2.46.